The van der Waals surface area contributed by atoms with Gasteiger partial charge in [0.15, 0.2) is 16.7 Å². The van der Waals surface area contributed by atoms with Crippen LogP contribution in [0.5, 0.6) is 0 Å². The molecule has 0 aliphatic rings. The van der Waals surface area contributed by atoms with Crippen molar-refractivity contribution in [2.24, 2.45) is 0 Å². The van der Waals surface area contributed by atoms with Gasteiger partial charge in [0.05, 0.1) is 5.75 Å². The molecule has 0 saturated carbocycles. The van der Waals surface area contributed by atoms with Crippen LogP contribution >= 0.6 is 0 Å². The molecule has 5 nitrogen and oxygen atoms in total. The average Bonchev–Trinajstić information content (AvgIpc) is 2.35. The molecule has 0 spiro atoms. The summed E-state index contributed by atoms with van der Waals surface area (Å²) in [5, 5.41) is 4.92. The van der Waals surface area contributed by atoms with E-state index in [9.17, 15) is 22.0 Å². The first-order valence-corrected chi connectivity index (χ1v) is 6.77. The van der Waals surface area contributed by atoms with Crippen LogP contribution in [0.1, 0.15) is 5.56 Å². The monoisotopic (exact) mass is 286 g/mol. The Labute approximate surface area is 106 Å². The maximum absolute atomic E-state index is 13.4. The number of hydrogen-bond donors (Lipinski definition) is 1. The number of sulfone groups is 1. The van der Waals surface area contributed by atoms with Crippen molar-refractivity contribution in [3.05, 3.63) is 57.9 Å². The lowest BCUT2D eigenvalue weighted by Gasteiger charge is -2.04. The molecule has 0 atom stereocenters. The minimum Gasteiger partial charge on any atom is -0.268 e. The third-order valence-corrected chi connectivity index (χ3v) is 3.91. The highest BCUT2D eigenvalue weighted by atomic mass is 32.2. The lowest BCUT2D eigenvalue weighted by molar-refractivity contribution is 0.501. The summed E-state index contributed by atoms with van der Waals surface area (Å²) in [6.07, 6.45) is 0. The molecule has 1 aromatic heterocycles. The second-order valence-corrected chi connectivity index (χ2v) is 5.67. The fourth-order valence-corrected chi connectivity index (χ4v) is 2.68. The molecule has 0 unspecified atom stereocenters. The van der Waals surface area contributed by atoms with Crippen LogP contribution in [0.3, 0.4) is 0 Å². The van der Waals surface area contributed by atoms with Crippen LogP contribution < -0.4 is 5.56 Å². The fourth-order valence-electron chi connectivity index (χ4n) is 1.44. The maximum atomic E-state index is 13.4. The topological polar surface area (TPSA) is 79.9 Å². The van der Waals surface area contributed by atoms with E-state index >= 15 is 0 Å². The van der Waals surface area contributed by atoms with Gasteiger partial charge in [-0.3, -0.25) is 4.79 Å². The molecule has 0 aliphatic carbocycles. The molecule has 1 aromatic carbocycles. The summed E-state index contributed by atoms with van der Waals surface area (Å²) in [6, 6.07) is 5.27. The van der Waals surface area contributed by atoms with Crippen LogP contribution in [0.2, 0.25) is 0 Å². The zero-order valence-electron chi connectivity index (χ0n) is 9.43. The fraction of sp³-hybridized carbons (Fsp3) is 0.0909. The highest BCUT2D eigenvalue weighted by molar-refractivity contribution is 7.90. The van der Waals surface area contributed by atoms with Crippen LogP contribution in [0.25, 0.3) is 0 Å². The highest BCUT2D eigenvalue weighted by Gasteiger charge is 2.20. The molecule has 8 heteroatoms. The molecule has 0 fully saturated rings. The van der Waals surface area contributed by atoms with Gasteiger partial charge in [-0.05, 0) is 12.1 Å². The quantitative estimate of drug-likeness (QED) is 0.913. The number of nitrogens with zero attached hydrogens (tertiary/aromatic N) is 1. The van der Waals surface area contributed by atoms with E-state index in [1.165, 1.54) is 12.1 Å². The summed E-state index contributed by atoms with van der Waals surface area (Å²) in [5.41, 5.74) is -0.858. The Morgan fingerprint density at radius 2 is 1.89 bits per heavy atom. The van der Waals surface area contributed by atoms with Crippen LogP contribution in [0.15, 0.2) is 40.2 Å². The van der Waals surface area contributed by atoms with E-state index in [1.54, 1.807) is 0 Å². The van der Waals surface area contributed by atoms with Crippen molar-refractivity contribution in [3.8, 4) is 0 Å². The standard InChI is InChI=1S/C11H8F2N2O3S/c12-8-3-1-2-7(11(8)13)6-19(17,18)10-5-4-9(16)14-15-10/h1-5H,6H2,(H,14,16). The molecule has 1 N–H and O–H groups in total. The van der Waals surface area contributed by atoms with Crippen LogP contribution in [-0.2, 0) is 15.6 Å². The largest absolute Gasteiger partial charge is 0.268 e. The highest BCUT2D eigenvalue weighted by Crippen LogP contribution is 2.17. The smallest absolute Gasteiger partial charge is 0.264 e. The van der Waals surface area contributed by atoms with Gasteiger partial charge in [0, 0.05) is 11.6 Å². The molecule has 100 valence electrons. The number of hydrogen-bond acceptors (Lipinski definition) is 4. The number of aromatic nitrogens is 2. The first-order chi connectivity index (χ1) is 8.90. The van der Waals surface area contributed by atoms with Gasteiger partial charge in [-0.25, -0.2) is 22.3 Å². The molecule has 19 heavy (non-hydrogen) atoms. The van der Waals surface area contributed by atoms with Crippen molar-refractivity contribution >= 4 is 9.84 Å². The number of aromatic amines is 1. The Morgan fingerprint density at radius 3 is 2.53 bits per heavy atom. The Balaban J connectivity index is 2.39. The van der Waals surface area contributed by atoms with Crippen molar-refractivity contribution < 1.29 is 17.2 Å². The number of H-pyrrole nitrogens is 1. The summed E-state index contributed by atoms with van der Waals surface area (Å²) in [4.78, 5) is 10.8. The third-order valence-electron chi connectivity index (χ3n) is 2.35. The van der Waals surface area contributed by atoms with Crippen LogP contribution in [0, 0.1) is 11.6 Å². The third kappa shape index (κ3) is 2.84. The van der Waals surface area contributed by atoms with E-state index in [1.807, 2.05) is 5.10 Å². The van der Waals surface area contributed by atoms with Gasteiger partial charge in [-0.1, -0.05) is 12.1 Å². The minimum absolute atomic E-state index is 0.298. The summed E-state index contributed by atoms with van der Waals surface area (Å²) in [6.45, 7) is 0. The molecule has 1 heterocycles. The zero-order valence-corrected chi connectivity index (χ0v) is 10.2. The molecule has 0 aliphatic heterocycles. The molecule has 0 saturated heterocycles. The van der Waals surface area contributed by atoms with Gasteiger partial charge in [0.25, 0.3) is 5.56 Å². The van der Waals surface area contributed by atoms with E-state index in [4.69, 9.17) is 0 Å². The van der Waals surface area contributed by atoms with Crippen molar-refractivity contribution in [2.75, 3.05) is 0 Å². The van der Waals surface area contributed by atoms with Crippen molar-refractivity contribution in [1.29, 1.82) is 0 Å². The van der Waals surface area contributed by atoms with Crippen LogP contribution in [-0.4, -0.2) is 18.6 Å². The molecule has 0 bridgehead atoms. The lowest BCUT2D eigenvalue weighted by Crippen LogP contribution is -2.14. The Morgan fingerprint density at radius 1 is 1.16 bits per heavy atom. The average molecular weight is 286 g/mol. The summed E-state index contributed by atoms with van der Waals surface area (Å²) in [7, 11) is -3.96. The van der Waals surface area contributed by atoms with Crippen molar-refractivity contribution in [3.63, 3.8) is 0 Å². The van der Waals surface area contributed by atoms with Gasteiger partial charge in [-0.2, -0.15) is 5.10 Å². The number of halogens is 2. The Bertz CT molecular complexity index is 751. The first-order valence-electron chi connectivity index (χ1n) is 5.11. The van der Waals surface area contributed by atoms with Crippen molar-refractivity contribution in [1.82, 2.24) is 10.2 Å². The van der Waals surface area contributed by atoms with E-state index in [0.29, 0.717) is 0 Å². The molecular weight excluding hydrogens is 278 g/mol. The van der Waals surface area contributed by atoms with E-state index in [-0.39, 0.29) is 5.56 Å². The predicted molar refractivity (Wildman–Crippen MR) is 62.1 cm³/mol. The van der Waals surface area contributed by atoms with Crippen molar-refractivity contribution in [2.45, 2.75) is 10.8 Å². The lowest BCUT2D eigenvalue weighted by atomic mass is 10.2. The number of nitrogens with one attached hydrogen (secondary N) is 1. The SMILES string of the molecule is O=c1ccc(S(=O)(=O)Cc2cccc(F)c2F)n[nH]1. The van der Waals surface area contributed by atoms with E-state index in [2.05, 4.69) is 5.10 Å². The Hall–Kier alpha value is -2.09. The molecule has 2 aromatic rings. The van der Waals surface area contributed by atoms with Gasteiger partial charge >= 0.3 is 0 Å². The van der Waals surface area contributed by atoms with Gasteiger partial charge < -0.3 is 0 Å². The number of rotatable bonds is 3. The number of benzene rings is 1. The molecule has 2 rings (SSSR count). The van der Waals surface area contributed by atoms with Gasteiger partial charge in [-0.15, -0.1) is 0 Å². The zero-order chi connectivity index (χ0) is 14.0. The molecular formula is C11H8F2N2O3S. The van der Waals surface area contributed by atoms with E-state index < -0.39 is 37.8 Å². The van der Waals surface area contributed by atoms with E-state index in [0.717, 1.165) is 18.2 Å². The second-order valence-electron chi connectivity index (χ2n) is 3.73. The molecule has 0 radical (unpaired) electrons. The Kier molecular flexibility index (Phi) is 3.43. The summed E-state index contributed by atoms with van der Waals surface area (Å²) < 4.78 is 50.2. The summed E-state index contributed by atoms with van der Waals surface area (Å²) >= 11 is 0. The molecule has 0 amide bonds. The van der Waals surface area contributed by atoms with Crippen LogP contribution in [0.4, 0.5) is 8.78 Å². The predicted octanol–water partition coefficient (Wildman–Crippen LogP) is 1.02. The summed E-state index contributed by atoms with van der Waals surface area (Å²) in [5.74, 6) is -3.08. The second kappa shape index (κ2) is 4.88. The maximum Gasteiger partial charge on any atom is 0.264 e. The first kappa shape index (κ1) is 13.3. The van der Waals surface area contributed by atoms with Gasteiger partial charge in [0.2, 0.25) is 9.84 Å². The minimum atomic E-state index is -3.96. The van der Waals surface area contributed by atoms with Gasteiger partial charge in [0.1, 0.15) is 0 Å². The normalized spacial score (nSPS) is 11.5.